The lowest BCUT2D eigenvalue weighted by Gasteiger charge is -2.15. The molecule has 3 N–H and O–H groups in total. The molecule has 0 aliphatic carbocycles. The van der Waals surface area contributed by atoms with Crippen LogP contribution in [0.15, 0.2) is 28.0 Å². The van der Waals surface area contributed by atoms with Crippen LogP contribution in [0.2, 0.25) is 0 Å². The van der Waals surface area contributed by atoms with E-state index in [9.17, 15) is 16.8 Å². The van der Waals surface area contributed by atoms with Gasteiger partial charge in [0.05, 0.1) is 21.6 Å². The highest BCUT2D eigenvalue weighted by molar-refractivity contribution is 7.91. The number of anilines is 1. The van der Waals surface area contributed by atoms with Crippen molar-refractivity contribution < 1.29 is 21.6 Å². The summed E-state index contributed by atoms with van der Waals surface area (Å²) in [7, 11) is -7.54. The van der Waals surface area contributed by atoms with Gasteiger partial charge in [-0.1, -0.05) is 0 Å². The molecule has 0 amide bonds. The molecule has 1 aromatic rings. The van der Waals surface area contributed by atoms with E-state index in [0.717, 1.165) is 25.2 Å². The van der Waals surface area contributed by atoms with E-state index in [2.05, 4.69) is 5.32 Å². The molecule has 1 saturated heterocycles. The maximum Gasteiger partial charge on any atom is 0.238 e. The Kier molecular flexibility index (Phi) is 4.57. The summed E-state index contributed by atoms with van der Waals surface area (Å²) in [6.07, 6.45) is 2.95. The van der Waals surface area contributed by atoms with Gasteiger partial charge in [0.15, 0.2) is 9.84 Å². The van der Waals surface area contributed by atoms with Crippen molar-refractivity contribution in [1.82, 2.24) is 0 Å². The Morgan fingerprint density at radius 2 is 2.05 bits per heavy atom. The summed E-state index contributed by atoms with van der Waals surface area (Å²) in [6.45, 7) is 1.17. The second kappa shape index (κ2) is 5.91. The summed E-state index contributed by atoms with van der Waals surface area (Å²) >= 11 is 0. The Balaban J connectivity index is 2.31. The van der Waals surface area contributed by atoms with E-state index < -0.39 is 19.9 Å². The first-order chi connectivity index (χ1) is 9.68. The summed E-state index contributed by atoms with van der Waals surface area (Å²) in [5.74, 6) is 0. The second-order valence-electron chi connectivity index (χ2n) is 4.99. The highest BCUT2D eigenvalue weighted by Crippen LogP contribution is 2.25. The van der Waals surface area contributed by atoms with Gasteiger partial charge in [-0.15, -0.1) is 0 Å². The van der Waals surface area contributed by atoms with Crippen molar-refractivity contribution in [3.05, 3.63) is 18.2 Å². The third-order valence-corrected chi connectivity index (χ3v) is 5.27. The molecule has 0 saturated carbocycles. The van der Waals surface area contributed by atoms with Crippen molar-refractivity contribution in [1.29, 1.82) is 0 Å². The van der Waals surface area contributed by atoms with E-state index >= 15 is 0 Å². The fraction of sp³-hybridized carbons (Fsp3) is 0.500. The molecule has 0 radical (unpaired) electrons. The average Bonchev–Trinajstić information content (AvgIpc) is 2.87. The van der Waals surface area contributed by atoms with E-state index in [1.165, 1.54) is 12.1 Å². The minimum atomic E-state index is -3.95. The Morgan fingerprint density at radius 1 is 1.33 bits per heavy atom. The van der Waals surface area contributed by atoms with E-state index in [1.807, 2.05) is 0 Å². The Bertz CT molecular complexity index is 722. The zero-order valence-corrected chi connectivity index (χ0v) is 13.2. The number of nitrogens with one attached hydrogen (secondary N) is 1. The number of nitrogens with two attached hydrogens (primary N) is 1. The molecule has 1 aromatic carbocycles. The van der Waals surface area contributed by atoms with Gasteiger partial charge in [0.1, 0.15) is 0 Å². The van der Waals surface area contributed by atoms with Gasteiger partial charge in [0.25, 0.3) is 0 Å². The van der Waals surface area contributed by atoms with Crippen molar-refractivity contribution in [2.45, 2.75) is 28.7 Å². The number of hydrogen-bond acceptors (Lipinski definition) is 6. The van der Waals surface area contributed by atoms with Crippen LogP contribution >= 0.6 is 0 Å². The zero-order valence-electron chi connectivity index (χ0n) is 11.6. The lowest BCUT2D eigenvalue weighted by molar-refractivity contribution is 0.120. The third-order valence-electron chi connectivity index (χ3n) is 3.23. The molecule has 1 aliphatic heterocycles. The molecule has 7 nitrogen and oxygen atoms in total. The van der Waals surface area contributed by atoms with Crippen LogP contribution in [0, 0.1) is 0 Å². The zero-order chi connectivity index (χ0) is 15.7. The lowest BCUT2D eigenvalue weighted by atomic mass is 10.2. The van der Waals surface area contributed by atoms with Gasteiger partial charge in [0, 0.05) is 19.4 Å². The summed E-state index contributed by atoms with van der Waals surface area (Å²) in [6, 6.07) is 3.76. The minimum absolute atomic E-state index is 0.0373. The van der Waals surface area contributed by atoms with E-state index in [-0.39, 0.29) is 15.9 Å². The summed E-state index contributed by atoms with van der Waals surface area (Å²) < 4.78 is 51.8. The average molecular weight is 334 g/mol. The van der Waals surface area contributed by atoms with Gasteiger partial charge >= 0.3 is 0 Å². The quantitative estimate of drug-likeness (QED) is 0.801. The second-order valence-corrected chi connectivity index (χ2v) is 8.54. The molecular formula is C12H18N2O5S2. The molecule has 0 aromatic heterocycles. The first kappa shape index (κ1) is 16.2. The van der Waals surface area contributed by atoms with Crippen LogP contribution < -0.4 is 10.5 Å². The number of rotatable bonds is 5. The van der Waals surface area contributed by atoms with Gasteiger partial charge in [-0.05, 0) is 31.0 Å². The highest BCUT2D eigenvalue weighted by atomic mass is 32.2. The molecule has 21 heavy (non-hydrogen) atoms. The third kappa shape index (κ3) is 4.16. The van der Waals surface area contributed by atoms with Gasteiger partial charge in [0.2, 0.25) is 10.0 Å². The number of benzene rings is 1. The SMILES string of the molecule is CS(=O)(=O)c1cc(S(N)(=O)=O)ccc1NCC1CCCO1. The molecule has 0 bridgehead atoms. The predicted molar refractivity (Wildman–Crippen MR) is 78.4 cm³/mol. The van der Waals surface area contributed by atoms with Crippen molar-refractivity contribution in [2.24, 2.45) is 5.14 Å². The van der Waals surface area contributed by atoms with E-state index in [1.54, 1.807) is 0 Å². The normalized spacial score (nSPS) is 19.6. The summed E-state index contributed by atoms with van der Waals surface area (Å²) in [5, 5.41) is 8.03. The number of sulfone groups is 1. The largest absolute Gasteiger partial charge is 0.381 e. The summed E-state index contributed by atoms with van der Waals surface area (Å²) in [5.41, 5.74) is 0.348. The van der Waals surface area contributed by atoms with Gasteiger partial charge < -0.3 is 10.1 Å². The van der Waals surface area contributed by atoms with Crippen molar-refractivity contribution in [3.8, 4) is 0 Å². The van der Waals surface area contributed by atoms with Crippen molar-refractivity contribution >= 4 is 25.5 Å². The van der Waals surface area contributed by atoms with Crippen molar-refractivity contribution in [2.75, 3.05) is 24.7 Å². The van der Waals surface area contributed by atoms with Gasteiger partial charge in [-0.2, -0.15) is 0 Å². The van der Waals surface area contributed by atoms with Crippen LogP contribution in [0.5, 0.6) is 0 Å². The number of sulfonamides is 1. The highest BCUT2D eigenvalue weighted by Gasteiger charge is 2.20. The standard InChI is InChI=1S/C12H18N2O5S2/c1-20(15,16)12-7-10(21(13,17)18)4-5-11(12)14-8-9-3-2-6-19-9/h4-5,7,9,14H,2-3,6,8H2,1H3,(H2,13,17,18). The molecular weight excluding hydrogens is 316 g/mol. The first-order valence-electron chi connectivity index (χ1n) is 6.40. The molecule has 1 unspecified atom stereocenters. The molecule has 9 heteroatoms. The first-order valence-corrected chi connectivity index (χ1v) is 9.84. The van der Waals surface area contributed by atoms with Crippen LogP contribution in [0.4, 0.5) is 5.69 Å². The van der Waals surface area contributed by atoms with Crippen molar-refractivity contribution in [3.63, 3.8) is 0 Å². The minimum Gasteiger partial charge on any atom is -0.381 e. The van der Waals surface area contributed by atoms with E-state index in [4.69, 9.17) is 9.88 Å². The number of ether oxygens (including phenoxy) is 1. The molecule has 1 fully saturated rings. The van der Waals surface area contributed by atoms with Crippen LogP contribution in [-0.4, -0.2) is 42.3 Å². The molecule has 1 heterocycles. The fourth-order valence-electron chi connectivity index (χ4n) is 2.16. The lowest BCUT2D eigenvalue weighted by Crippen LogP contribution is -2.20. The van der Waals surface area contributed by atoms with Crippen LogP contribution in [0.1, 0.15) is 12.8 Å². The van der Waals surface area contributed by atoms with Gasteiger partial charge in [-0.3, -0.25) is 0 Å². The summed E-state index contributed by atoms with van der Waals surface area (Å²) in [4.78, 5) is -0.322. The van der Waals surface area contributed by atoms with Gasteiger partial charge in [-0.25, -0.2) is 22.0 Å². The number of primary sulfonamides is 1. The fourth-order valence-corrected chi connectivity index (χ4v) is 3.66. The smallest absolute Gasteiger partial charge is 0.238 e. The maximum atomic E-state index is 11.8. The Labute approximate surface area is 124 Å². The molecule has 0 spiro atoms. The van der Waals surface area contributed by atoms with Crippen LogP contribution in [0.25, 0.3) is 0 Å². The number of hydrogen-bond donors (Lipinski definition) is 2. The predicted octanol–water partition coefficient (Wildman–Crippen LogP) is 0.328. The topological polar surface area (TPSA) is 116 Å². The Hall–Kier alpha value is -1.16. The van der Waals surface area contributed by atoms with E-state index in [0.29, 0.717) is 18.8 Å². The molecule has 1 aliphatic rings. The molecule has 118 valence electrons. The Morgan fingerprint density at radius 3 is 2.57 bits per heavy atom. The molecule has 2 rings (SSSR count). The maximum absolute atomic E-state index is 11.8. The molecule has 1 atom stereocenters. The van der Waals surface area contributed by atoms with Crippen LogP contribution in [-0.2, 0) is 24.6 Å². The van der Waals surface area contributed by atoms with Crippen LogP contribution in [0.3, 0.4) is 0 Å². The monoisotopic (exact) mass is 334 g/mol.